The molecule has 0 aromatic carbocycles. The minimum absolute atomic E-state index is 0.0148. The molecule has 26 heavy (non-hydrogen) atoms. The first-order chi connectivity index (χ1) is 12.1. The molecule has 0 rings (SSSR count). The van der Waals surface area contributed by atoms with Crippen molar-refractivity contribution in [3.05, 3.63) is 34.9 Å². The fraction of sp³-hybridized carbons (Fsp3) is 0.550. The summed E-state index contributed by atoms with van der Waals surface area (Å²) in [6, 6.07) is -1.05. The maximum Gasteiger partial charge on any atom is 0.327 e. The highest BCUT2D eigenvalue weighted by Gasteiger charge is 2.19. The summed E-state index contributed by atoms with van der Waals surface area (Å²) in [6.45, 7) is 9.45. The smallest absolute Gasteiger partial charge is 0.327 e. The zero-order chi connectivity index (χ0) is 20.1. The molecule has 0 aliphatic rings. The van der Waals surface area contributed by atoms with Gasteiger partial charge in [-0.25, -0.2) is 4.79 Å². The van der Waals surface area contributed by atoms with Gasteiger partial charge in [0.25, 0.3) is 0 Å². The highest BCUT2D eigenvalue weighted by molar-refractivity contribution is 8.14. The standard InChI is InChI=1S/C20H31NO4S/c1-14(2)8-6-9-15(3)10-7-11-16(4)12-19(23)26-13-18(20(24)25)21-17(5)22/h8,10,12,18H,6-7,9,11,13H2,1-5H3,(H,21,22)(H,24,25)/b15-10+,16-12+/t18-/m0/s1. The van der Waals surface area contributed by atoms with Crippen LogP contribution in [0, 0.1) is 0 Å². The second-order valence-electron chi connectivity index (χ2n) is 6.62. The number of rotatable bonds is 11. The molecule has 0 aliphatic carbocycles. The molecule has 1 atom stereocenters. The first-order valence-corrected chi connectivity index (χ1v) is 9.73. The third kappa shape index (κ3) is 13.5. The summed E-state index contributed by atoms with van der Waals surface area (Å²) in [4.78, 5) is 33.9. The Morgan fingerprint density at radius 2 is 1.54 bits per heavy atom. The van der Waals surface area contributed by atoms with E-state index < -0.39 is 17.9 Å². The lowest BCUT2D eigenvalue weighted by Crippen LogP contribution is -2.41. The van der Waals surface area contributed by atoms with Crippen LogP contribution in [0.3, 0.4) is 0 Å². The molecule has 0 heterocycles. The molecule has 0 spiro atoms. The number of hydrogen-bond donors (Lipinski definition) is 2. The first-order valence-electron chi connectivity index (χ1n) is 8.74. The number of amides is 1. The average Bonchev–Trinajstić information content (AvgIpc) is 2.50. The Kier molecular flexibility index (Phi) is 12.5. The van der Waals surface area contributed by atoms with Gasteiger partial charge >= 0.3 is 5.97 Å². The minimum Gasteiger partial charge on any atom is -0.480 e. The van der Waals surface area contributed by atoms with Crippen LogP contribution in [0.15, 0.2) is 34.9 Å². The van der Waals surface area contributed by atoms with Crippen LogP contribution in [0.1, 0.15) is 60.3 Å². The molecule has 6 heteroatoms. The van der Waals surface area contributed by atoms with Crippen molar-refractivity contribution in [3.63, 3.8) is 0 Å². The lowest BCUT2D eigenvalue weighted by molar-refractivity contribution is -0.140. The summed E-state index contributed by atoms with van der Waals surface area (Å²) >= 11 is 0.904. The Bertz CT molecular complexity index is 587. The van der Waals surface area contributed by atoms with Crippen LogP contribution < -0.4 is 5.32 Å². The van der Waals surface area contributed by atoms with Gasteiger partial charge in [0.2, 0.25) is 11.0 Å². The molecule has 0 radical (unpaired) electrons. The topological polar surface area (TPSA) is 83.5 Å². The van der Waals surface area contributed by atoms with Crippen molar-refractivity contribution < 1.29 is 19.5 Å². The van der Waals surface area contributed by atoms with Crippen LogP contribution in [-0.4, -0.2) is 33.9 Å². The summed E-state index contributed by atoms with van der Waals surface area (Å²) in [5.41, 5.74) is 3.63. The average molecular weight is 382 g/mol. The monoisotopic (exact) mass is 381 g/mol. The molecule has 146 valence electrons. The largest absolute Gasteiger partial charge is 0.480 e. The summed E-state index contributed by atoms with van der Waals surface area (Å²) in [5, 5.41) is 11.1. The first kappa shape index (κ1) is 24.2. The van der Waals surface area contributed by atoms with Gasteiger partial charge in [-0.05, 0) is 59.5 Å². The van der Waals surface area contributed by atoms with Gasteiger partial charge in [0.1, 0.15) is 6.04 Å². The van der Waals surface area contributed by atoms with E-state index in [2.05, 4.69) is 38.2 Å². The SMILES string of the molecule is CC(=O)N[C@@H](CSC(=O)/C=C(\C)CC/C=C(\C)CCC=C(C)C)C(=O)O. The quantitative estimate of drug-likeness (QED) is 0.413. The van der Waals surface area contributed by atoms with Crippen molar-refractivity contribution >= 4 is 28.8 Å². The fourth-order valence-electron chi connectivity index (χ4n) is 2.14. The van der Waals surface area contributed by atoms with Crippen LogP contribution in [0.5, 0.6) is 0 Å². The lowest BCUT2D eigenvalue weighted by atomic mass is 10.1. The van der Waals surface area contributed by atoms with E-state index in [0.717, 1.165) is 43.0 Å². The Labute approximate surface area is 161 Å². The van der Waals surface area contributed by atoms with Crippen LogP contribution >= 0.6 is 11.8 Å². The lowest BCUT2D eigenvalue weighted by Gasteiger charge is -2.11. The third-order valence-electron chi connectivity index (χ3n) is 3.55. The van der Waals surface area contributed by atoms with Crippen LogP contribution in [-0.2, 0) is 14.4 Å². The highest BCUT2D eigenvalue weighted by atomic mass is 32.2. The second kappa shape index (κ2) is 13.4. The predicted octanol–water partition coefficient (Wildman–Crippen LogP) is 4.25. The summed E-state index contributed by atoms with van der Waals surface area (Å²) in [7, 11) is 0. The van der Waals surface area contributed by atoms with Gasteiger partial charge in [0.05, 0.1) is 0 Å². The molecule has 0 unspecified atom stereocenters. The number of allylic oxidation sites excluding steroid dienone is 5. The van der Waals surface area contributed by atoms with Gasteiger partial charge in [0, 0.05) is 12.7 Å². The number of carbonyl (C=O) groups excluding carboxylic acids is 2. The van der Waals surface area contributed by atoms with Crippen LogP contribution in [0.25, 0.3) is 0 Å². The Hall–Kier alpha value is -1.82. The predicted molar refractivity (Wildman–Crippen MR) is 108 cm³/mol. The van der Waals surface area contributed by atoms with Crippen LogP contribution in [0.4, 0.5) is 0 Å². The number of hydrogen-bond acceptors (Lipinski definition) is 4. The summed E-state index contributed by atoms with van der Waals surface area (Å²) in [5.74, 6) is -1.56. The number of thioether (sulfide) groups is 1. The van der Waals surface area contributed by atoms with E-state index in [4.69, 9.17) is 5.11 Å². The molecular formula is C20H31NO4S. The van der Waals surface area contributed by atoms with Crippen LogP contribution in [0.2, 0.25) is 0 Å². The zero-order valence-electron chi connectivity index (χ0n) is 16.4. The van der Waals surface area contributed by atoms with E-state index in [1.807, 2.05) is 6.92 Å². The van der Waals surface area contributed by atoms with Crippen molar-refractivity contribution in [3.8, 4) is 0 Å². The van der Waals surface area contributed by atoms with Gasteiger partial charge in [0.15, 0.2) is 0 Å². The van der Waals surface area contributed by atoms with Gasteiger partial charge < -0.3 is 10.4 Å². The number of aliphatic carboxylic acids is 1. The van der Waals surface area contributed by atoms with E-state index in [1.54, 1.807) is 6.08 Å². The van der Waals surface area contributed by atoms with Gasteiger partial charge in [-0.3, -0.25) is 9.59 Å². The molecule has 0 saturated carbocycles. The second-order valence-corrected chi connectivity index (χ2v) is 7.65. The highest BCUT2D eigenvalue weighted by Crippen LogP contribution is 2.14. The van der Waals surface area contributed by atoms with Gasteiger partial charge in [-0.15, -0.1) is 0 Å². The maximum absolute atomic E-state index is 11.9. The Morgan fingerprint density at radius 3 is 2.08 bits per heavy atom. The molecule has 2 N–H and O–H groups in total. The summed E-state index contributed by atoms with van der Waals surface area (Å²) < 4.78 is 0. The molecular weight excluding hydrogens is 350 g/mol. The van der Waals surface area contributed by atoms with Gasteiger partial charge in [-0.1, -0.05) is 40.6 Å². The Balaban J connectivity index is 4.32. The number of nitrogens with one attached hydrogen (secondary N) is 1. The van der Waals surface area contributed by atoms with E-state index in [9.17, 15) is 14.4 Å². The van der Waals surface area contributed by atoms with E-state index in [-0.39, 0.29) is 10.9 Å². The molecule has 0 bridgehead atoms. The van der Waals surface area contributed by atoms with Crippen molar-refractivity contribution in [2.45, 2.75) is 66.3 Å². The van der Waals surface area contributed by atoms with Crippen molar-refractivity contribution in [2.24, 2.45) is 0 Å². The molecule has 5 nitrogen and oxygen atoms in total. The number of carboxylic acid groups (broad SMARTS) is 1. The van der Waals surface area contributed by atoms with E-state index in [1.165, 1.54) is 18.1 Å². The van der Waals surface area contributed by atoms with Crippen molar-refractivity contribution in [2.75, 3.05) is 5.75 Å². The number of carbonyl (C=O) groups is 3. The molecule has 1 amide bonds. The molecule has 0 aliphatic heterocycles. The zero-order valence-corrected chi connectivity index (χ0v) is 17.2. The van der Waals surface area contributed by atoms with Gasteiger partial charge in [-0.2, -0.15) is 0 Å². The van der Waals surface area contributed by atoms with E-state index in [0.29, 0.717) is 0 Å². The minimum atomic E-state index is -1.14. The molecule has 0 fully saturated rings. The van der Waals surface area contributed by atoms with E-state index >= 15 is 0 Å². The molecule has 0 aromatic rings. The fourth-order valence-corrected chi connectivity index (χ4v) is 2.98. The summed E-state index contributed by atoms with van der Waals surface area (Å²) in [6.07, 6.45) is 9.74. The third-order valence-corrected chi connectivity index (χ3v) is 4.46. The molecule has 0 aromatic heterocycles. The number of carboxylic acids is 1. The molecule has 0 saturated heterocycles. The Morgan fingerprint density at radius 1 is 0.962 bits per heavy atom. The van der Waals surface area contributed by atoms with Crippen molar-refractivity contribution in [1.29, 1.82) is 0 Å². The normalized spacial score (nSPS) is 13.1. The van der Waals surface area contributed by atoms with Crippen molar-refractivity contribution in [1.82, 2.24) is 5.32 Å². The maximum atomic E-state index is 11.9.